The van der Waals surface area contributed by atoms with Crippen molar-refractivity contribution in [2.45, 2.75) is 29.7 Å². The molecule has 47 heavy (non-hydrogen) atoms. The number of nitrogens with one attached hydrogen (secondary N) is 1. The third-order valence-electron chi connectivity index (χ3n) is 7.10. The van der Waals surface area contributed by atoms with Gasteiger partial charge >= 0.3 is 29.6 Å². The van der Waals surface area contributed by atoms with E-state index in [-0.39, 0.29) is 67.5 Å². The molecule has 3 aromatic rings. The minimum absolute atomic E-state index is 0. The Morgan fingerprint density at radius 2 is 1.49 bits per heavy atom. The summed E-state index contributed by atoms with van der Waals surface area (Å²) in [6.07, 6.45) is -0.0174. The van der Waals surface area contributed by atoms with Crippen LogP contribution in [0.5, 0.6) is 5.75 Å². The SMILES string of the molecule is CC(C)Oc1cccc(Nc2ccc3c(-c4ccc(S(=O)(=O)O)cc4S(=O)(=O)O)c4ccc(=[N+](CCO)CCO)cc-4oc3c2)c1.[Na+]. The fourth-order valence-corrected chi connectivity index (χ4v) is 6.53. The summed E-state index contributed by atoms with van der Waals surface area (Å²) in [5.41, 5.74) is 2.38. The van der Waals surface area contributed by atoms with Gasteiger partial charge in [0.1, 0.15) is 35.2 Å². The molecule has 0 spiro atoms. The van der Waals surface area contributed by atoms with Gasteiger partial charge in [0.2, 0.25) is 5.36 Å². The van der Waals surface area contributed by atoms with Crippen molar-refractivity contribution in [2.24, 2.45) is 0 Å². The fourth-order valence-electron chi connectivity index (χ4n) is 5.22. The summed E-state index contributed by atoms with van der Waals surface area (Å²) in [5, 5.41) is 23.5. The molecule has 0 fully saturated rings. The maximum absolute atomic E-state index is 12.6. The van der Waals surface area contributed by atoms with Crippen molar-refractivity contribution in [1.82, 2.24) is 4.58 Å². The van der Waals surface area contributed by atoms with E-state index in [0.29, 0.717) is 50.7 Å². The fraction of sp³-hybridized carbons (Fsp3) is 0.219. The maximum Gasteiger partial charge on any atom is 1.00 e. The van der Waals surface area contributed by atoms with Crippen molar-refractivity contribution in [1.29, 1.82) is 0 Å². The number of fused-ring (bicyclic) bond motifs is 2. The van der Waals surface area contributed by atoms with Gasteiger partial charge in [0, 0.05) is 51.7 Å². The molecule has 0 unspecified atom stereocenters. The molecule has 5 rings (SSSR count). The summed E-state index contributed by atoms with van der Waals surface area (Å²) in [5.74, 6) is 0.971. The van der Waals surface area contributed by atoms with Crippen LogP contribution in [-0.4, -0.2) is 68.6 Å². The van der Waals surface area contributed by atoms with Crippen molar-refractivity contribution >= 4 is 42.6 Å². The molecule has 5 N–H and O–H groups in total. The van der Waals surface area contributed by atoms with Gasteiger partial charge in [0.05, 0.1) is 17.1 Å². The van der Waals surface area contributed by atoms with Crippen LogP contribution in [0.2, 0.25) is 0 Å². The van der Waals surface area contributed by atoms with E-state index in [1.807, 2.05) is 38.1 Å². The van der Waals surface area contributed by atoms with Crippen LogP contribution in [0.25, 0.3) is 33.4 Å². The molecule has 0 amide bonds. The van der Waals surface area contributed by atoms with Crippen LogP contribution in [0, 0.1) is 0 Å². The Bertz CT molecular complexity index is 2170. The first-order valence-corrected chi connectivity index (χ1v) is 17.1. The molecule has 0 aromatic heterocycles. The molecule has 0 saturated heterocycles. The third kappa shape index (κ3) is 8.41. The second kappa shape index (κ2) is 14.8. The second-order valence-corrected chi connectivity index (χ2v) is 13.5. The molecule has 0 radical (unpaired) electrons. The summed E-state index contributed by atoms with van der Waals surface area (Å²) in [4.78, 5) is -1.44. The van der Waals surface area contributed by atoms with Gasteiger partial charge in [0.15, 0.2) is 13.1 Å². The van der Waals surface area contributed by atoms with Gasteiger partial charge in [-0.15, -0.1) is 0 Å². The first-order valence-electron chi connectivity index (χ1n) is 14.2. The second-order valence-electron chi connectivity index (χ2n) is 10.7. The molecule has 1 heterocycles. The van der Waals surface area contributed by atoms with E-state index in [0.717, 1.165) is 11.8 Å². The molecule has 0 atom stereocenters. The number of hydrogen-bond acceptors (Lipinski definition) is 9. The molecular formula is C32H33N2NaO10S2+2. The van der Waals surface area contributed by atoms with Gasteiger partial charge < -0.3 is 24.7 Å². The van der Waals surface area contributed by atoms with Crippen molar-refractivity contribution in [3.05, 3.63) is 84.2 Å². The number of aliphatic hydroxyl groups is 2. The van der Waals surface area contributed by atoms with Crippen LogP contribution < -0.4 is 49.5 Å². The van der Waals surface area contributed by atoms with Crippen LogP contribution >= 0.6 is 0 Å². The van der Waals surface area contributed by atoms with E-state index in [9.17, 15) is 36.2 Å². The van der Waals surface area contributed by atoms with Crippen LogP contribution in [-0.2, 0) is 20.2 Å². The number of nitrogens with zero attached hydrogens (tertiary/aromatic N) is 1. The molecule has 12 nitrogen and oxygen atoms in total. The average molecular weight is 693 g/mol. The molecule has 0 saturated carbocycles. The Kier molecular flexibility index (Phi) is 11.5. The Morgan fingerprint density at radius 3 is 2.13 bits per heavy atom. The summed E-state index contributed by atoms with van der Waals surface area (Å²) < 4.78 is 82.6. The van der Waals surface area contributed by atoms with E-state index in [2.05, 4.69) is 5.32 Å². The maximum atomic E-state index is 12.6. The van der Waals surface area contributed by atoms with E-state index in [1.54, 1.807) is 41.0 Å². The molecule has 242 valence electrons. The smallest absolute Gasteiger partial charge is 0.491 e. The number of aliphatic hydroxyl groups excluding tert-OH is 2. The van der Waals surface area contributed by atoms with Crippen LogP contribution in [0.15, 0.2) is 93.1 Å². The van der Waals surface area contributed by atoms with Crippen molar-refractivity contribution in [2.75, 3.05) is 31.6 Å². The summed E-state index contributed by atoms with van der Waals surface area (Å²) in [6, 6.07) is 20.5. The first kappa shape index (κ1) is 36.5. The molecule has 1 aliphatic carbocycles. The van der Waals surface area contributed by atoms with E-state index >= 15 is 0 Å². The van der Waals surface area contributed by atoms with Gasteiger partial charge in [-0.3, -0.25) is 9.11 Å². The first-order chi connectivity index (χ1) is 21.8. The van der Waals surface area contributed by atoms with Crippen molar-refractivity contribution < 1.29 is 74.9 Å². The zero-order valence-electron chi connectivity index (χ0n) is 25.9. The van der Waals surface area contributed by atoms with Gasteiger partial charge in [-0.05, 0) is 56.3 Å². The third-order valence-corrected chi connectivity index (χ3v) is 8.85. The molecular weight excluding hydrogens is 659 g/mol. The standard InChI is InChI=1S/C32H32N2O10S2.Na/c1-20(2)43-24-5-3-4-21(16-24)33-22-6-9-26-29(17-22)44-30-18-23(34(12-14-35)13-15-36)7-10-27(30)32(26)28-11-8-25(45(37,38)39)19-31(28)46(40,41)42;/h3-11,16-20,35-36H,12-15H2,1-2H3,(H2,37,38,39,40,41,42);/q;+1/p+1. The molecule has 3 aromatic carbocycles. The van der Waals surface area contributed by atoms with Gasteiger partial charge in [0.25, 0.3) is 20.2 Å². The Labute approximate surface area is 294 Å². The van der Waals surface area contributed by atoms with Gasteiger partial charge in [-0.1, -0.05) is 12.1 Å². The monoisotopic (exact) mass is 692 g/mol. The Morgan fingerprint density at radius 1 is 0.809 bits per heavy atom. The zero-order chi connectivity index (χ0) is 33.2. The molecule has 0 bridgehead atoms. The molecule has 15 heteroatoms. The minimum atomic E-state index is -4.99. The number of benzene rings is 4. The average Bonchev–Trinajstić information content (AvgIpc) is 2.98. The van der Waals surface area contributed by atoms with Crippen molar-refractivity contribution in [3.63, 3.8) is 0 Å². The molecule has 1 aliphatic heterocycles. The Balaban J connectivity index is 0.00000500. The zero-order valence-corrected chi connectivity index (χ0v) is 29.5. The van der Waals surface area contributed by atoms with Gasteiger partial charge in [-0.2, -0.15) is 16.8 Å². The van der Waals surface area contributed by atoms with Crippen molar-refractivity contribution in [3.8, 4) is 28.2 Å². The van der Waals surface area contributed by atoms with E-state index in [1.165, 1.54) is 6.07 Å². The van der Waals surface area contributed by atoms with Gasteiger partial charge in [-0.25, -0.2) is 4.58 Å². The quantitative estimate of drug-likeness (QED) is 0.0575. The van der Waals surface area contributed by atoms with E-state index in [4.69, 9.17) is 9.15 Å². The predicted molar refractivity (Wildman–Crippen MR) is 173 cm³/mol. The van der Waals surface area contributed by atoms with Crippen LogP contribution in [0.1, 0.15) is 13.8 Å². The normalized spacial score (nSPS) is 11.9. The summed E-state index contributed by atoms with van der Waals surface area (Å²) in [6.45, 7) is 3.96. The summed E-state index contributed by atoms with van der Waals surface area (Å²) in [7, 11) is -9.79. The van der Waals surface area contributed by atoms with Crippen LogP contribution in [0.4, 0.5) is 11.4 Å². The largest absolute Gasteiger partial charge is 1.00 e. The number of anilines is 2. The minimum Gasteiger partial charge on any atom is -0.491 e. The van der Waals surface area contributed by atoms with E-state index < -0.39 is 30.0 Å². The number of hydrogen-bond donors (Lipinski definition) is 5. The number of ether oxygens (including phenoxy) is 1. The number of rotatable bonds is 11. The van der Waals surface area contributed by atoms with Crippen LogP contribution in [0.3, 0.4) is 0 Å². The molecule has 2 aliphatic rings. The predicted octanol–water partition coefficient (Wildman–Crippen LogP) is 0.990. The topological polar surface area (TPSA) is 187 Å². The Hall–Kier alpha value is -3.31. The summed E-state index contributed by atoms with van der Waals surface area (Å²) >= 11 is 0.